The van der Waals surface area contributed by atoms with Crippen molar-refractivity contribution in [3.63, 3.8) is 0 Å². The summed E-state index contributed by atoms with van der Waals surface area (Å²) in [6.07, 6.45) is 1.76. The van der Waals surface area contributed by atoms with E-state index in [9.17, 15) is 4.79 Å². The first-order valence-electron chi connectivity index (χ1n) is 8.83. The molecule has 0 radical (unpaired) electrons. The first-order valence-corrected chi connectivity index (χ1v) is 9.63. The molecule has 1 unspecified atom stereocenters. The summed E-state index contributed by atoms with van der Waals surface area (Å²) in [5.74, 6) is -0.0766. The van der Waals surface area contributed by atoms with Gasteiger partial charge in [-0.2, -0.15) is 0 Å². The van der Waals surface area contributed by atoms with Crippen molar-refractivity contribution in [1.29, 1.82) is 0 Å². The van der Waals surface area contributed by atoms with Crippen LogP contribution in [0.15, 0.2) is 40.9 Å². The fourth-order valence-electron chi connectivity index (χ4n) is 2.84. The Morgan fingerprint density at radius 3 is 2.12 bits per heavy atom. The fourth-order valence-corrected chi connectivity index (χ4v) is 3.07. The zero-order chi connectivity index (χ0) is 19.5. The number of carbonyl (C=O) groups is 1. The molecule has 1 atom stereocenters. The van der Waals surface area contributed by atoms with E-state index in [1.165, 1.54) is 0 Å². The second kappa shape index (κ2) is 8.26. The van der Waals surface area contributed by atoms with Crippen molar-refractivity contribution in [3.8, 4) is 5.75 Å². The number of benzene rings is 2. The number of aryl methyl sites for hydroxylation is 2. The topological polar surface area (TPSA) is 46.5 Å². The van der Waals surface area contributed by atoms with Gasteiger partial charge in [-0.1, -0.05) is 48.8 Å². The van der Waals surface area contributed by atoms with Crippen LogP contribution in [0.2, 0.25) is 0 Å². The predicted molar refractivity (Wildman–Crippen MR) is 109 cm³/mol. The molecule has 0 saturated carbocycles. The minimum Gasteiger partial charge on any atom is -0.486 e. The number of hydrogen-bond acceptors (Lipinski definition) is 2. The van der Waals surface area contributed by atoms with Crippen LogP contribution in [0, 0.1) is 19.3 Å². The van der Waals surface area contributed by atoms with Crippen LogP contribution in [0.4, 0.5) is 0 Å². The number of carboxylic acid groups (broad SMARTS) is 1. The molecule has 2 aromatic carbocycles. The average Bonchev–Trinajstić information content (AvgIpc) is 2.55. The Morgan fingerprint density at radius 2 is 1.65 bits per heavy atom. The van der Waals surface area contributed by atoms with Crippen LogP contribution >= 0.6 is 15.9 Å². The molecule has 0 spiro atoms. The molecule has 0 heterocycles. The van der Waals surface area contributed by atoms with Crippen LogP contribution in [-0.4, -0.2) is 11.1 Å². The van der Waals surface area contributed by atoms with Gasteiger partial charge >= 0.3 is 5.97 Å². The van der Waals surface area contributed by atoms with E-state index < -0.39 is 5.97 Å². The minimum absolute atomic E-state index is 0.114. The Hall–Kier alpha value is -1.81. The lowest BCUT2D eigenvalue weighted by molar-refractivity contribution is 0.0696. The number of rotatable bonds is 6. The number of halogens is 1. The Bertz CT molecular complexity index is 750. The molecule has 0 bridgehead atoms. The summed E-state index contributed by atoms with van der Waals surface area (Å²) in [5.41, 5.74) is 3.76. The van der Waals surface area contributed by atoms with Crippen LogP contribution in [0.5, 0.6) is 5.75 Å². The van der Waals surface area contributed by atoms with Gasteiger partial charge in [-0.3, -0.25) is 0 Å². The van der Waals surface area contributed by atoms with Crippen molar-refractivity contribution in [2.75, 3.05) is 0 Å². The van der Waals surface area contributed by atoms with Crippen molar-refractivity contribution in [2.45, 2.75) is 53.6 Å². The van der Waals surface area contributed by atoms with Gasteiger partial charge in [0.25, 0.3) is 0 Å². The molecule has 26 heavy (non-hydrogen) atoms. The molecule has 140 valence electrons. The van der Waals surface area contributed by atoms with Gasteiger partial charge in [-0.05, 0) is 73.1 Å². The third-order valence-corrected chi connectivity index (χ3v) is 5.63. The first kappa shape index (κ1) is 20.5. The zero-order valence-corrected chi connectivity index (χ0v) is 17.7. The predicted octanol–water partition coefficient (Wildman–Crippen LogP) is 6.71. The van der Waals surface area contributed by atoms with Gasteiger partial charge < -0.3 is 9.84 Å². The van der Waals surface area contributed by atoms with E-state index in [2.05, 4.69) is 50.5 Å². The summed E-state index contributed by atoms with van der Waals surface area (Å²) in [6, 6.07) is 11.1. The van der Waals surface area contributed by atoms with Gasteiger partial charge in [0.2, 0.25) is 0 Å². The second-order valence-corrected chi connectivity index (χ2v) is 8.80. The number of ether oxygens (including phenoxy) is 1. The van der Waals surface area contributed by atoms with Crippen LogP contribution in [0.25, 0.3) is 0 Å². The Morgan fingerprint density at radius 1 is 1.12 bits per heavy atom. The van der Waals surface area contributed by atoms with E-state index in [1.807, 2.05) is 24.3 Å². The monoisotopic (exact) mass is 418 g/mol. The number of carboxylic acids is 1. The largest absolute Gasteiger partial charge is 0.486 e. The normalized spacial score (nSPS) is 12.7. The molecule has 0 aliphatic carbocycles. The lowest BCUT2D eigenvalue weighted by atomic mass is 9.88. The maximum atomic E-state index is 11.1. The Balaban J connectivity index is 2.30. The molecular formula is C22H27BrO3. The van der Waals surface area contributed by atoms with Crippen molar-refractivity contribution >= 4 is 21.9 Å². The Labute approximate surface area is 164 Å². The summed E-state index contributed by atoms with van der Waals surface area (Å²) in [5, 5.41) is 9.11. The molecule has 0 fully saturated rings. The summed E-state index contributed by atoms with van der Waals surface area (Å²) in [4.78, 5) is 11.1. The zero-order valence-electron chi connectivity index (χ0n) is 16.1. The van der Waals surface area contributed by atoms with Crippen molar-refractivity contribution in [2.24, 2.45) is 5.41 Å². The average molecular weight is 419 g/mol. The second-order valence-electron chi connectivity index (χ2n) is 8.00. The van der Waals surface area contributed by atoms with E-state index in [1.54, 1.807) is 12.1 Å². The van der Waals surface area contributed by atoms with Crippen molar-refractivity contribution in [1.82, 2.24) is 0 Å². The molecule has 0 aliphatic heterocycles. The Kier molecular flexibility index (Phi) is 6.51. The molecule has 0 amide bonds. The van der Waals surface area contributed by atoms with E-state index >= 15 is 0 Å². The molecule has 0 saturated heterocycles. The molecule has 3 nitrogen and oxygen atoms in total. The summed E-state index contributed by atoms with van der Waals surface area (Å²) >= 11 is 3.59. The number of hydrogen-bond donors (Lipinski definition) is 1. The molecule has 0 aliphatic rings. The van der Waals surface area contributed by atoms with Gasteiger partial charge in [0, 0.05) is 4.47 Å². The minimum atomic E-state index is -0.914. The maximum Gasteiger partial charge on any atom is 0.335 e. The number of aromatic carboxylic acids is 1. The first-order chi connectivity index (χ1) is 12.1. The van der Waals surface area contributed by atoms with Crippen LogP contribution in [0.3, 0.4) is 0 Å². The van der Waals surface area contributed by atoms with Crippen LogP contribution in [-0.2, 0) is 0 Å². The molecule has 0 aromatic heterocycles. The van der Waals surface area contributed by atoms with Crippen molar-refractivity contribution < 1.29 is 14.6 Å². The lowest BCUT2D eigenvalue weighted by Crippen LogP contribution is -2.13. The molecular weight excluding hydrogens is 392 g/mol. The summed E-state index contributed by atoms with van der Waals surface area (Å²) < 4.78 is 7.44. The molecule has 1 N–H and O–H groups in total. The lowest BCUT2D eigenvalue weighted by Gasteiger charge is -2.25. The van der Waals surface area contributed by atoms with Crippen molar-refractivity contribution in [3.05, 3.63) is 63.1 Å². The van der Waals surface area contributed by atoms with E-state index in [0.29, 0.717) is 5.56 Å². The molecule has 2 aromatic rings. The summed E-state index contributed by atoms with van der Waals surface area (Å²) in [7, 11) is 0. The smallest absolute Gasteiger partial charge is 0.335 e. The maximum absolute atomic E-state index is 11.1. The van der Waals surface area contributed by atoms with Crippen LogP contribution < -0.4 is 4.74 Å². The standard InChI is InChI=1S/C22H27BrO3/c1-14-12-18(13-15(2)20(14)23)26-19(10-11-22(3,4)5)16-6-8-17(9-7-16)21(24)25/h6-9,12-13,19H,10-11H2,1-5H3,(H,24,25). The van der Waals surface area contributed by atoms with E-state index in [0.717, 1.165) is 39.8 Å². The highest BCUT2D eigenvalue weighted by atomic mass is 79.9. The van der Waals surface area contributed by atoms with Gasteiger partial charge in [0.1, 0.15) is 11.9 Å². The summed E-state index contributed by atoms with van der Waals surface area (Å²) in [6.45, 7) is 10.7. The highest BCUT2D eigenvalue weighted by Gasteiger charge is 2.19. The SMILES string of the molecule is Cc1cc(OC(CCC(C)(C)C)c2ccc(C(=O)O)cc2)cc(C)c1Br. The third kappa shape index (κ3) is 5.60. The quantitative estimate of drug-likeness (QED) is 0.566. The van der Waals surface area contributed by atoms with Gasteiger partial charge in [-0.15, -0.1) is 0 Å². The van der Waals surface area contributed by atoms with Gasteiger partial charge in [-0.25, -0.2) is 4.79 Å². The third-order valence-electron chi connectivity index (χ3n) is 4.37. The van der Waals surface area contributed by atoms with E-state index in [4.69, 9.17) is 9.84 Å². The highest BCUT2D eigenvalue weighted by molar-refractivity contribution is 9.10. The van der Waals surface area contributed by atoms with Gasteiger partial charge in [0.15, 0.2) is 0 Å². The van der Waals surface area contributed by atoms with E-state index in [-0.39, 0.29) is 11.5 Å². The fraction of sp³-hybridized carbons (Fsp3) is 0.409. The molecule has 2 rings (SSSR count). The molecule has 4 heteroatoms. The van der Waals surface area contributed by atoms with Crippen LogP contribution in [0.1, 0.15) is 66.8 Å². The highest BCUT2D eigenvalue weighted by Crippen LogP contribution is 2.33. The van der Waals surface area contributed by atoms with Gasteiger partial charge in [0.05, 0.1) is 5.56 Å².